The van der Waals surface area contributed by atoms with E-state index in [9.17, 15) is 4.79 Å². The van der Waals surface area contributed by atoms with Gasteiger partial charge in [-0.2, -0.15) is 0 Å². The average Bonchev–Trinajstić information content (AvgIpc) is 2.23. The van der Waals surface area contributed by atoms with Gasteiger partial charge in [-0.05, 0) is 25.3 Å². The second kappa shape index (κ2) is 6.11. The van der Waals surface area contributed by atoms with Crippen LogP contribution in [0.3, 0.4) is 0 Å². The molecule has 0 rings (SSSR count). The van der Waals surface area contributed by atoms with Gasteiger partial charge < -0.3 is 10.6 Å². The molecule has 0 heterocycles. The summed E-state index contributed by atoms with van der Waals surface area (Å²) >= 11 is 0. The maximum absolute atomic E-state index is 12.0. The molecule has 0 spiro atoms. The van der Waals surface area contributed by atoms with Gasteiger partial charge in [0, 0.05) is 19.0 Å². The van der Waals surface area contributed by atoms with Gasteiger partial charge in [0.05, 0.1) is 0 Å². The van der Waals surface area contributed by atoms with Crippen molar-refractivity contribution in [2.24, 2.45) is 17.1 Å². The highest BCUT2D eigenvalue weighted by Crippen LogP contribution is 2.17. The third-order valence-corrected chi connectivity index (χ3v) is 2.90. The molecular formula is C12H26N2O. The lowest BCUT2D eigenvalue weighted by Gasteiger charge is -2.32. The number of nitrogens with zero attached hydrogens (tertiary/aromatic N) is 1. The molecule has 0 aromatic heterocycles. The zero-order valence-electron chi connectivity index (χ0n) is 10.8. The van der Waals surface area contributed by atoms with E-state index in [-0.39, 0.29) is 17.2 Å². The summed E-state index contributed by atoms with van der Waals surface area (Å²) in [5.74, 6) is 0.375. The summed E-state index contributed by atoms with van der Waals surface area (Å²) < 4.78 is 0. The van der Waals surface area contributed by atoms with Crippen LogP contribution < -0.4 is 5.73 Å². The fourth-order valence-corrected chi connectivity index (χ4v) is 1.41. The molecule has 1 atom stereocenters. The van der Waals surface area contributed by atoms with E-state index >= 15 is 0 Å². The predicted octanol–water partition coefficient (Wildman–Crippen LogP) is 1.87. The zero-order valence-corrected chi connectivity index (χ0v) is 10.8. The Hall–Kier alpha value is -0.570. The minimum Gasteiger partial charge on any atom is -0.342 e. The molecule has 3 nitrogen and oxygen atoms in total. The number of carbonyl (C=O) groups is 1. The maximum Gasteiger partial charge on any atom is 0.225 e. The second-order valence-corrected chi connectivity index (χ2v) is 5.03. The summed E-state index contributed by atoms with van der Waals surface area (Å²) in [6.07, 6.45) is 0.901. The SMILES string of the molecule is CCC(C)C(=O)N(CC)CC(C)(C)CN. The summed E-state index contributed by atoms with van der Waals surface area (Å²) in [6.45, 7) is 12.4. The summed E-state index contributed by atoms with van der Waals surface area (Å²) in [4.78, 5) is 13.9. The first-order valence-electron chi connectivity index (χ1n) is 5.86. The zero-order chi connectivity index (χ0) is 12.1. The molecule has 0 aromatic rings. The molecule has 0 aromatic carbocycles. The molecule has 0 aliphatic carbocycles. The molecule has 3 heteroatoms. The molecule has 0 saturated carbocycles. The van der Waals surface area contributed by atoms with Crippen LogP contribution in [0.4, 0.5) is 0 Å². The second-order valence-electron chi connectivity index (χ2n) is 5.03. The van der Waals surface area contributed by atoms with E-state index in [1.807, 2.05) is 25.7 Å². The van der Waals surface area contributed by atoms with E-state index in [4.69, 9.17) is 5.73 Å². The van der Waals surface area contributed by atoms with Gasteiger partial charge in [-0.1, -0.05) is 27.7 Å². The lowest BCUT2D eigenvalue weighted by Crippen LogP contribution is -2.43. The van der Waals surface area contributed by atoms with Gasteiger partial charge in [0.15, 0.2) is 0 Å². The normalized spacial score (nSPS) is 13.7. The molecular weight excluding hydrogens is 188 g/mol. The van der Waals surface area contributed by atoms with E-state index in [0.717, 1.165) is 19.5 Å². The van der Waals surface area contributed by atoms with Gasteiger partial charge >= 0.3 is 0 Å². The quantitative estimate of drug-likeness (QED) is 0.733. The lowest BCUT2D eigenvalue weighted by atomic mass is 9.92. The van der Waals surface area contributed by atoms with Crippen molar-refractivity contribution < 1.29 is 4.79 Å². The van der Waals surface area contributed by atoms with Gasteiger partial charge in [-0.3, -0.25) is 4.79 Å². The van der Waals surface area contributed by atoms with Crippen molar-refractivity contribution in [3.05, 3.63) is 0 Å². The van der Waals surface area contributed by atoms with Crippen LogP contribution in [0.15, 0.2) is 0 Å². The summed E-state index contributed by atoms with van der Waals surface area (Å²) in [5, 5.41) is 0. The van der Waals surface area contributed by atoms with Gasteiger partial charge in [0.25, 0.3) is 0 Å². The molecule has 0 fully saturated rings. The molecule has 2 N–H and O–H groups in total. The topological polar surface area (TPSA) is 46.3 Å². The molecule has 1 unspecified atom stereocenters. The van der Waals surface area contributed by atoms with E-state index in [2.05, 4.69) is 13.8 Å². The monoisotopic (exact) mass is 214 g/mol. The van der Waals surface area contributed by atoms with Crippen LogP contribution in [0.1, 0.15) is 41.0 Å². The predicted molar refractivity (Wildman–Crippen MR) is 64.5 cm³/mol. The van der Waals surface area contributed by atoms with Gasteiger partial charge in [-0.25, -0.2) is 0 Å². The molecule has 0 aliphatic heterocycles. The molecule has 0 radical (unpaired) electrons. The van der Waals surface area contributed by atoms with Crippen molar-refractivity contribution >= 4 is 5.91 Å². The van der Waals surface area contributed by atoms with Crippen LogP contribution in [0, 0.1) is 11.3 Å². The first-order valence-corrected chi connectivity index (χ1v) is 5.86. The van der Waals surface area contributed by atoms with Crippen LogP contribution in [-0.4, -0.2) is 30.4 Å². The van der Waals surface area contributed by atoms with E-state index in [1.54, 1.807) is 0 Å². The molecule has 0 aliphatic rings. The smallest absolute Gasteiger partial charge is 0.225 e. The first kappa shape index (κ1) is 14.4. The van der Waals surface area contributed by atoms with Crippen molar-refractivity contribution in [3.8, 4) is 0 Å². The highest BCUT2D eigenvalue weighted by Gasteiger charge is 2.24. The maximum atomic E-state index is 12.0. The van der Waals surface area contributed by atoms with Gasteiger partial charge in [-0.15, -0.1) is 0 Å². The van der Waals surface area contributed by atoms with Gasteiger partial charge in [0.1, 0.15) is 0 Å². The van der Waals surface area contributed by atoms with Crippen LogP contribution in [0.5, 0.6) is 0 Å². The minimum absolute atomic E-state index is 0.0130. The standard InChI is InChI=1S/C12H26N2O/c1-6-10(3)11(15)14(7-2)9-12(4,5)8-13/h10H,6-9,13H2,1-5H3. The van der Waals surface area contributed by atoms with Crippen LogP contribution in [-0.2, 0) is 4.79 Å². The number of hydrogen-bond donors (Lipinski definition) is 1. The van der Waals surface area contributed by atoms with Crippen molar-refractivity contribution in [2.75, 3.05) is 19.6 Å². The van der Waals surface area contributed by atoms with Crippen LogP contribution in [0.25, 0.3) is 0 Å². The van der Waals surface area contributed by atoms with Crippen molar-refractivity contribution in [3.63, 3.8) is 0 Å². The Kier molecular flexibility index (Phi) is 5.88. The summed E-state index contributed by atoms with van der Waals surface area (Å²) in [7, 11) is 0. The Bertz CT molecular complexity index is 202. The van der Waals surface area contributed by atoms with Crippen LogP contribution in [0.2, 0.25) is 0 Å². The van der Waals surface area contributed by atoms with Crippen molar-refractivity contribution in [1.29, 1.82) is 0 Å². The summed E-state index contributed by atoms with van der Waals surface area (Å²) in [6, 6.07) is 0. The van der Waals surface area contributed by atoms with Crippen molar-refractivity contribution in [2.45, 2.75) is 41.0 Å². The van der Waals surface area contributed by atoms with E-state index in [0.29, 0.717) is 6.54 Å². The molecule has 15 heavy (non-hydrogen) atoms. The van der Waals surface area contributed by atoms with E-state index < -0.39 is 0 Å². The van der Waals surface area contributed by atoms with E-state index in [1.165, 1.54) is 0 Å². The fraction of sp³-hybridized carbons (Fsp3) is 0.917. The number of rotatable bonds is 6. The Morgan fingerprint density at radius 3 is 2.27 bits per heavy atom. The molecule has 0 bridgehead atoms. The van der Waals surface area contributed by atoms with Crippen LogP contribution >= 0.6 is 0 Å². The molecule has 0 saturated heterocycles. The first-order chi connectivity index (χ1) is 6.87. The lowest BCUT2D eigenvalue weighted by molar-refractivity contribution is -0.136. The Morgan fingerprint density at radius 1 is 1.40 bits per heavy atom. The van der Waals surface area contributed by atoms with Crippen molar-refractivity contribution in [1.82, 2.24) is 4.90 Å². The van der Waals surface area contributed by atoms with Gasteiger partial charge in [0.2, 0.25) is 5.91 Å². The summed E-state index contributed by atoms with van der Waals surface area (Å²) in [5.41, 5.74) is 5.69. The molecule has 90 valence electrons. The largest absolute Gasteiger partial charge is 0.342 e. The highest BCUT2D eigenvalue weighted by atomic mass is 16.2. The fourth-order valence-electron chi connectivity index (χ4n) is 1.41. The Labute approximate surface area is 94.0 Å². The average molecular weight is 214 g/mol. The Balaban J connectivity index is 4.43. The number of amides is 1. The highest BCUT2D eigenvalue weighted by molar-refractivity contribution is 5.78. The third-order valence-electron chi connectivity index (χ3n) is 2.90. The Morgan fingerprint density at radius 2 is 1.93 bits per heavy atom. The minimum atomic E-state index is 0.0130. The third kappa shape index (κ3) is 4.65. The number of hydrogen-bond acceptors (Lipinski definition) is 2. The molecule has 1 amide bonds. The number of carbonyl (C=O) groups excluding carboxylic acids is 1. The number of nitrogens with two attached hydrogens (primary N) is 1.